The van der Waals surface area contributed by atoms with Gasteiger partial charge in [-0.1, -0.05) is 0 Å². The third-order valence-electron chi connectivity index (χ3n) is 2.98. The van der Waals surface area contributed by atoms with Gasteiger partial charge in [-0.3, -0.25) is 10.1 Å². The number of carbonyl (C=O) groups excluding carboxylic acids is 1. The number of thioether (sulfide) groups is 1. The smallest absolute Gasteiger partial charge is 0.240 e. The van der Waals surface area contributed by atoms with Crippen LogP contribution in [-0.2, 0) is 4.79 Å². The monoisotopic (exact) mass is 200 g/mol. The first-order valence-corrected chi connectivity index (χ1v) is 6.02. The highest BCUT2D eigenvalue weighted by Crippen LogP contribution is 2.24. The van der Waals surface area contributed by atoms with Gasteiger partial charge in [-0.15, -0.1) is 11.8 Å². The fourth-order valence-corrected chi connectivity index (χ4v) is 2.69. The Morgan fingerprint density at radius 2 is 2.31 bits per heavy atom. The maximum Gasteiger partial charge on any atom is 0.240 e. The summed E-state index contributed by atoms with van der Waals surface area (Å²) in [6.45, 7) is 0. The minimum absolute atomic E-state index is 0.0793. The summed E-state index contributed by atoms with van der Waals surface area (Å²) in [7, 11) is 1.94. The van der Waals surface area contributed by atoms with E-state index in [4.69, 9.17) is 0 Å². The third-order valence-corrected chi connectivity index (χ3v) is 3.92. The Labute approximate surface area is 83.2 Å². The molecule has 1 saturated heterocycles. The summed E-state index contributed by atoms with van der Waals surface area (Å²) in [5.74, 6) is 2.15. The Kier molecular flexibility index (Phi) is 2.79. The molecule has 0 bridgehead atoms. The van der Waals surface area contributed by atoms with E-state index in [9.17, 15) is 4.79 Å². The molecule has 2 aliphatic rings. The normalized spacial score (nSPS) is 28.5. The molecule has 1 aliphatic carbocycles. The Bertz CT molecular complexity index is 200. The average Bonchev–Trinajstić information content (AvgIpc) is 2.51. The third kappa shape index (κ3) is 1.83. The van der Waals surface area contributed by atoms with E-state index in [2.05, 4.69) is 5.32 Å². The SMILES string of the molecule is CN(C(=O)C1CSCN1)C1CCC1. The van der Waals surface area contributed by atoms with E-state index in [0.29, 0.717) is 6.04 Å². The molecule has 74 valence electrons. The largest absolute Gasteiger partial charge is 0.341 e. The van der Waals surface area contributed by atoms with Crippen molar-refractivity contribution in [2.24, 2.45) is 0 Å². The maximum absolute atomic E-state index is 11.8. The molecule has 2 fully saturated rings. The van der Waals surface area contributed by atoms with Gasteiger partial charge in [0.15, 0.2) is 0 Å². The molecule has 0 aromatic carbocycles. The molecule has 0 radical (unpaired) electrons. The molecule has 1 saturated carbocycles. The Balaban J connectivity index is 1.87. The van der Waals surface area contributed by atoms with E-state index in [0.717, 1.165) is 11.6 Å². The van der Waals surface area contributed by atoms with Crippen molar-refractivity contribution >= 4 is 17.7 Å². The van der Waals surface area contributed by atoms with Gasteiger partial charge in [-0.25, -0.2) is 0 Å². The van der Waals surface area contributed by atoms with Gasteiger partial charge in [0, 0.05) is 24.7 Å². The molecule has 1 unspecified atom stereocenters. The molecular weight excluding hydrogens is 184 g/mol. The van der Waals surface area contributed by atoms with Crippen molar-refractivity contribution in [3.63, 3.8) is 0 Å². The first kappa shape index (κ1) is 9.34. The van der Waals surface area contributed by atoms with Gasteiger partial charge in [0.25, 0.3) is 0 Å². The highest BCUT2D eigenvalue weighted by atomic mass is 32.2. The van der Waals surface area contributed by atoms with Crippen LogP contribution >= 0.6 is 11.8 Å². The van der Waals surface area contributed by atoms with Crippen molar-refractivity contribution in [1.29, 1.82) is 0 Å². The highest BCUT2D eigenvalue weighted by molar-refractivity contribution is 7.99. The van der Waals surface area contributed by atoms with Crippen LogP contribution in [0.2, 0.25) is 0 Å². The summed E-state index contributed by atoms with van der Waals surface area (Å²) in [4.78, 5) is 13.8. The van der Waals surface area contributed by atoms with E-state index >= 15 is 0 Å². The molecule has 1 atom stereocenters. The molecule has 0 aromatic heterocycles. The second-order valence-electron chi connectivity index (χ2n) is 3.81. The quantitative estimate of drug-likeness (QED) is 0.710. The first-order chi connectivity index (χ1) is 6.29. The number of amides is 1. The summed E-state index contributed by atoms with van der Waals surface area (Å²) in [5.41, 5.74) is 0. The van der Waals surface area contributed by atoms with E-state index in [1.807, 2.05) is 11.9 Å². The van der Waals surface area contributed by atoms with E-state index in [1.54, 1.807) is 11.8 Å². The molecule has 0 aromatic rings. The number of nitrogens with one attached hydrogen (secondary N) is 1. The van der Waals surface area contributed by atoms with Crippen molar-refractivity contribution in [1.82, 2.24) is 10.2 Å². The Hall–Kier alpha value is -0.220. The summed E-state index contributed by atoms with van der Waals surface area (Å²) < 4.78 is 0. The van der Waals surface area contributed by atoms with Crippen LogP contribution < -0.4 is 5.32 Å². The van der Waals surface area contributed by atoms with Crippen molar-refractivity contribution in [3.05, 3.63) is 0 Å². The fraction of sp³-hybridized carbons (Fsp3) is 0.889. The zero-order valence-electron chi connectivity index (χ0n) is 7.95. The molecular formula is C9H16N2OS. The first-order valence-electron chi connectivity index (χ1n) is 4.87. The molecule has 2 rings (SSSR count). The number of hydrogen-bond donors (Lipinski definition) is 1. The van der Waals surface area contributed by atoms with Crippen molar-refractivity contribution in [2.45, 2.75) is 31.3 Å². The van der Waals surface area contributed by atoms with Gasteiger partial charge in [0.2, 0.25) is 5.91 Å². The van der Waals surface area contributed by atoms with Crippen LogP contribution in [-0.4, -0.2) is 41.6 Å². The van der Waals surface area contributed by atoms with Gasteiger partial charge in [0.1, 0.15) is 0 Å². The van der Waals surface area contributed by atoms with Crippen molar-refractivity contribution in [3.8, 4) is 0 Å². The fourth-order valence-electron chi connectivity index (χ4n) is 1.75. The van der Waals surface area contributed by atoms with Crippen LogP contribution in [0.1, 0.15) is 19.3 Å². The summed E-state index contributed by atoms with van der Waals surface area (Å²) >= 11 is 1.81. The molecule has 1 amide bonds. The average molecular weight is 200 g/mol. The van der Waals surface area contributed by atoms with Crippen LogP contribution in [0.4, 0.5) is 0 Å². The number of likely N-dealkylation sites (N-methyl/N-ethyl adjacent to an activating group) is 1. The minimum atomic E-state index is 0.0793. The molecule has 0 spiro atoms. The lowest BCUT2D eigenvalue weighted by atomic mass is 9.91. The van der Waals surface area contributed by atoms with Gasteiger partial charge in [-0.2, -0.15) is 0 Å². The Morgan fingerprint density at radius 1 is 1.54 bits per heavy atom. The maximum atomic E-state index is 11.8. The lowest BCUT2D eigenvalue weighted by Gasteiger charge is -2.36. The van der Waals surface area contributed by atoms with Crippen LogP contribution in [0.5, 0.6) is 0 Å². The molecule has 1 aliphatic heterocycles. The molecule has 13 heavy (non-hydrogen) atoms. The summed E-state index contributed by atoms with van der Waals surface area (Å²) in [5, 5.41) is 3.21. The minimum Gasteiger partial charge on any atom is -0.341 e. The second-order valence-corrected chi connectivity index (χ2v) is 4.84. The van der Waals surface area contributed by atoms with Gasteiger partial charge in [0.05, 0.1) is 6.04 Å². The molecule has 1 N–H and O–H groups in total. The van der Waals surface area contributed by atoms with Gasteiger partial charge in [-0.05, 0) is 19.3 Å². The van der Waals surface area contributed by atoms with E-state index < -0.39 is 0 Å². The zero-order valence-corrected chi connectivity index (χ0v) is 8.77. The zero-order chi connectivity index (χ0) is 9.26. The van der Waals surface area contributed by atoms with E-state index in [1.165, 1.54) is 19.3 Å². The lowest BCUT2D eigenvalue weighted by Crippen LogP contribution is -2.49. The predicted molar refractivity (Wildman–Crippen MR) is 54.7 cm³/mol. The lowest BCUT2D eigenvalue weighted by molar-refractivity contribution is -0.134. The van der Waals surface area contributed by atoms with Crippen LogP contribution in [0.3, 0.4) is 0 Å². The molecule has 1 heterocycles. The van der Waals surface area contributed by atoms with E-state index in [-0.39, 0.29) is 11.9 Å². The highest BCUT2D eigenvalue weighted by Gasteiger charge is 2.31. The summed E-state index contributed by atoms with van der Waals surface area (Å²) in [6.07, 6.45) is 3.68. The molecule has 3 nitrogen and oxygen atoms in total. The number of hydrogen-bond acceptors (Lipinski definition) is 3. The van der Waals surface area contributed by atoms with Gasteiger partial charge >= 0.3 is 0 Å². The van der Waals surface area contributed by atoms with Crippen LogP contribution in [0, 0.1) is 0 Å². The predicted octanol–water partition coefficient (Wildman–Crippen LogP) is 0.660. The second kappa shape index (κ2) is 3.88. The number of rotatable bonds is 2. The number of carbonyl (C=O) groups is 1. The standard InChI is InChI=1S/C9H16N2OS/c1-11(7-3-2-4-7)9(12)8-5-13-6-10-8/h7-8,10H,2-6H2,1H3. The molecule has 4 heteroatoms. The Morgan fingerprint density at radius 3 is 2.77 bits per heavy atom. The van der Waals surface area contributed by atoms with Crippen LogP contribution in [0.15, 0.2) is 0 Å². The van der Waals surface area contributed by atoms with Crippen molar-refractivity contribution < 1.29 is 4.79 Å². The van der Waals surface area contributed by atoms with Crippen LogP contribution in [0.25, 0.3) is 0 Å². The topological polar surface area (TPSA) is 32.3 Å². The van der Waals surface area contributed by atoms with Gasteiger partial charge < -0.3 is 4.90 Å². The van der Waals surface area contributed by atoms with Crippen molar-refractivity contribution in [2.75, 3.05) is 18.7 Å². The summed E-state index contributed by atoms with van der Waals surface area (Å²) in [6, 6.07) is 0.607. The number of nitrogens with zero attached hydrogens (tertiary/aromatic N) is 1.